The second-order valence-electron chi connectivity index (χ2n) is 4.33. The highest BCUT2D eigenvalue weighted by Gasteiger charge is 2.72. The third-order valence-corrected chi connectivity index (χ3v) is 2.83. The quantitative estimate of drug-likeness (QED) is 0.636. The van der Waals surface area contributed by atoms with Gasteiger partial charge in [-0.05, 0) is 6.92 Å². The molecule has 0 radical (unpaired) electrons. The van der Waals surface area contributed by atoms with Crippen LogP contribution < -0.4 is 5.32 Å². The molecule has 0 fully saturated rings. The van der Waals surface area contributed by atoms with Crippen LogP contribution in [-0.2, 0) is 4.79 Å². The molecule has 1 amide bonds. The van der Waals surface area contributed by atoms with Gasteiger partial charge in [0.2, 0.25) is 11.3 Å². The molecule has 22 heavy (non-hydrogen) atoms. The fourth-order valence-corrected chi connectivity index (χ4v) is 1.30. The third-order valence-electron chi connectivity index (χ3n) is 2.83. The topological polar surface area (TPSA) is 29.1 Å². The second kappa shape index (κ2) is 5.36. The normalized spacial score (nSPS) is 13.2. The molecule has 1 rings (SSSR count). The summed E-state index contributed by atoms with van der Waals surface area (Å²) in [5.74, 6) is -8.39. The smallest absolute Gasteiger partial charge is 0.325 e. The van der Waals surface area contributed by atoms with Crippen molar-refractivity contribution in [2.45, 2.75) is 19.3 Å². The number of alkyl halides is 6. The number of rotatable bonds is 2. The van der Waals surface area contributed by atoms with E-state index < -0.39 is 53.7 Å². The molecule has 0 spiro atoms. The molecular formula is C11H6F9NO. The minimum absolute atomic E-state index is 0.0451. The molecule has 0 saturated heterocycles. The molecule has 0 unspecified atom stereocenters. The summed E-state index contributed by atoms with van der Waals surface area (Å²) in [5.41, 5.74) is -5.91. The predicted molar refractivity (Wildman–Crippen MR) is 55.2 cm³/mol. The zero-order chi connectivity index (χ0) is 17.5. The fraction of sp³-hybridized carbons (Fsp3) is 0.364. The first-order valence-corrected chi connectivity index (χ1v) is 5.31. The number of hydrogen-bond acceptors (Lipinski definition) is 1. The van der Waals surface area contributed by atoms with Crippen molar-refractivity contribution in [1.82, 2.24) is 0 Å². The Morgan fingerprint density at radius 3 is 1.59 bits per heavy atom. The maximum atomic E-state index is 12.8. The first-order chi connectivity index (χ1) is 9.71. The number of benzene rings is 1. The highest BCUT2D eigenvalue weighted by molar-refractivity contribution is 5.96. The van der Waals surface area contributed by atoms with Crippen LogP contribution in [0.15, 0.2) is 12.1 Å². The monoisotopic (exact) mass is 339 g/mol. The summed E-state index contributed by atoms with van der Waals surface area (Å²) in [6.07, 6.45) is -12.0. The molecule has 0 aliphatic heterocycles. The molecule has 1 N–H and O–H groups in total. The van der Waals surface area contributed by atoms with Crippen molar-refractivity contribution in [3.8, 4) is 0 Å². The molecule has 0 bridgehead atoms. The highest BCUT2D eigenvalue weighted by Crippen LogP contribution is 2.50. The first-order valence-electron chi connectivity index (χ1n) is 5.31. The zero-order valence-corrected chi connectivity index (χ0v) is 10.5. The number of nitrogens with one attached hydrogen (secondary N) is 1. The average Bonchev–Trinajstić information content (AvgIpc) is 2.31. The molecule has 2 nitrogen and oxygen atoms in total. The maximum Gasteiger partial charge on any atom is 0.411 e. The van der Waals surface area contributed by atoms with E-state index in [-0.39, 0.29) is 12.1 Å². The van der Waals surface area contributed by atoms with Crippen LogP contribution in [0.4, 0.5) is 45.2 Å². The molecule has 0 saturated carbocycles. The van der Waals surface area contributed by atoms with Gasteiger partial charge in [0.1, 0.15) is 0 Å². The average molecular weight is 339 g/mol. The van der Waals surface area contributed by atoms with Crippen LogP contribution in [0, 0.1) is 22.9 Å². The lowest BCUT2D eigenvalue weighted by Gasteiger charge is -2.32. The number of halogens is 9. The SMILES string of the molecule is CC(C(=O)Nc1cc(F)c(F)c(F)c1)(C(F)(F)F)C(F)(F)F. The van der Waals surface area contributed by atoms with E-state index in [1.807, 2.05) is 0 Å². The van der Waals surface area contributed by atoms with Crippen molar-refractivity contribution in [2.75, 3.05) is 5.32 Å². The van der Waals surface area contributed by atoms with Crippen molar-refractivity contribution < 1.29 is 44.3 Å². The van der Waals surface area contributed by atoms with Gasteiger partial charge in [0.05, 0.1) is 0 Å². The van der Waals surface area contributed by atoms with E-state index in [0.29, 0.717) is 0 Å². The van der Waals surface area contributed by atoms with Gasteiger partial charge in [-0.3, -0.25) is 4.79 Å². The van der Waals surface area contributed by atoms with Gasteiger partial charge in [0.15, 0.2) is 17.5 Å². The van der Waals surface area contributed by atoms with Crippen molar-refractivity contribution >= 4 is 11.6 Å². The van der Waals surface area contributed by atoms with Crippen molar-refractivity contribution in [2.24, 2.45) is 5.41 Å². The van der Waals surface area contributed by atoms with Crippen molar-refractivity contribution in [3.63, 3.8) is 0 Å². The third kappa shape index (κ3) is 2.97. The van der Waals surface area contributed by atoms with Gasteiger partial charge >= 0.3 is 12.4 Å². The summed E-state index contributed by atoms with van der Waals surface area (Å²) < 4.78 is 114. The Balaban J connectivity index is 3.25. The van der Waals surface area contributed by atoms with Crippen LogP contribution >= 0.6 is 0 Å². The summed E-state index contributed by atoms with van der Waals surface area (Å²) >= 11 is 0. The molecule has 0 heterocycles. The summed E-state index contributed by atoms with van der Waals surface area (Å²) in [6, 6.07) is 0.0902. The van der Waals surface area contributed by atoms with Gasteiger partial charge in [0, 0.05) is 17.8 Å². The minimum Gasteiger partial charge on any atom is -0.325 e. The fourth-order valence-electron chi connectivity index (χ4n) is 1.30. The lowest BCUT2D eigenvalue weighted by atomic mass is 9.87. The standard InChI is InChI=1S/C11H6F9NO/c1-9(10(15,16)17,11(18,19)20)8(22)21-4-2-5(12)7(14)6(13)3-4/h2-3H,1H3,(H,21,22). The molecule has 1 aromatic rings. The highest BCUT2D eigenvalue weighted by atomic mass is 19.4. The van der Waals surface area contributed by atoms with Crippen LogP contribution in [0.25, 0.3) is 0 Å². The molecule has 0 aliphatic carbocycles. The van der Waals surface area contributed by atoms with E-state index in [2.05, 4.69) is 0 Å². The van der Waals surface area contributed by atoms with Gasteiger partial charge in [-0.25, -0.2) is 13.2 Å². The van der Waals surface area contributed by atoms with E-state index in [4.69, 9.17) is 0 Å². The molecule has 124 valence electrons. The largest absolute Gasteiger partial charge is 0.411 e. The number of anilines is 1. The Hall–Kier alpha value is -1.94. The number of hydrogen-bond donors (Lipinski definition) is 1. The number of carbonyl (C=O) groups is 1. The molecule has 11 heteroatoms. The van der Waals surface area contributed by atoms with Gasteiger partial charge in [-0.2, -0.15) is 26.3 Å². The van der Waals surface area contributed by atoms with Crippen LogP contribution in [-0.4, -0.2) is 18.3 Å². The summed E-state index contributed by atoms with van der Waals surface area (Å²) in [7, 11) is 0. The Morgan fingerprint density at radius 2 is 1.27 bits per heavy atom. The Kier molecular flexibility index (Phi) is 4.41. The van der Waals surface area contributed by atoms with Crippen LogP contribution in [0.2, 0.25) is 0 Å². The van der Waals surface area contributed by atoms with Gasteiger partial charge in [-0.15, -0.1) is 0 Å². The predicted octanol–water partition coefficient (Wildman–Crippen LogP) is 4.17. The molecular weight excluding hydrogens is 333 g/mol. The molecule has 0 aliphatic rings. The lowest BCUT2D eigenvalue weighted by molar-refractivity contribution is -0.317. The van der Waals surface area contributed by atoms with E-state index in [1.54, 1.807) is 0 Å². The van der Waals surface area contributed by atoms with E-state index in [0.717, 1.165) is 5.32 Å². The summed E-state index contributed by atoms with van der Waals surface area (Å²) in [4.78, 5) is 11.3. The number of amides is 1. The van der Waals surface area contributed by atoms with Crippen molar-refractivity contribution in [3.05, 3.63) is 29.6 Å². The van der Waals surface area contributed by atoms with Crippen LogP contribution in [0.1, 0.15) is 6.92 Å². The second-order valence-corrected chi connectivity index (χ2v) is 4.33. The Bertz CT molecular complexity index is 553. The minimum atomic E-state index is -6.02. The van der Waals surface area contributed by atoms with Crippen LogP contribution in [0.5, 0.6) is 0 Å². The first kappa shape index (κ1) is 18.1. The summed E-state index contributed by atoms with van der Waals surface area (Å²) in [6.45, 7) is -0.432. The summed E-state index contributed by atoms with van der Waals surface area (Å²) in [5, 5.41) is 1.08. The lowest BCUT2D eigenvalue weighted by Crippen LogP contribution is -2.55. The van der Waals surface area contributed by atoms with Crippen molar-refractivity contribution in [1.29, 1.82) is 0 Å². The maximum absolute atomic E-state index is 12.8. The van der Waals surface area contributed by atoms with E-state index >= 15 is 0 Å². The molecule has 0 aromatic heterocycles. The van der Waals surface area contributed by atoms with E-state index in [1.165, 1.54) is 0 Å². The Morgan fingerprint density at radius 1 is 0.909 bits per heavy atom. The molecule has 0 atom stereocenters. The van der Waals surface area contributed by atoms with E-state index in [9.17, 15) is 44.3 Å². The number of carbonyl (C=O) groups excluding carboxylic acids is 1. The van der Waals surface area contributed by atoms with Gasteiger partial charge in [-0.1, -0.05) is 0 Å². The molecule has 1 aromatic carbocycles. The zero-order valence-electron chi connectivity index (χ0n) is 10.5. The van der Waals surface area contributed by atoms with Crippen LogP contribution in [0.3, 0.4) is 0 Å². The van der Waals surface area contributed by atoms with Gasteiger partial charge < -0.3 is 5.32 Å². The van der Waals surface area contributed by atoms with Gasteiger partial charge in [0.25, 0.3) is 0 Å². The Labute approximate surface area is 116 Å².